The number of halogens is 1. The van der Waals surface area contributed by atoms with E-state index >= 15 is 0 Å². The van der Waals surface area contributed by atoms with Gasteiger partial charge in [0.25, 0.3) is 0 Å². The predicted molar refractivity (Wildman–Crippen MR) is 71.0 cm³/mol. The van der Waals surface area contributed by atoms with Crippen LogP contribution in [0, 0.1) is 5.92 Å². The number of pyridine rings is 1. The van der Waals surface area contributed by atoms with Crippen molar-refractivity contribution in [1.82, 2.24) is 9.29 Å². The van der Waals surface area contributed by atoms with Gasteiger partial charge in [-0.1, -0.05) is 18.5 Å². The quantitative estimate of drug-likeness (QED) is 0.786. The summed E-state index contributed by atoms with van der Waals surface area (Å²) >= 11 is 5.75. The molecule has 1 saturated heterocycles. The number of aromatic nitrogens is 1. The second-order valence-electron chi connectivity index (χ2n) is 4.75. The largest absolute Gasteiger partial charge is 0.244 e. The van der Waals surface area contributed by atoms with E-state index in [1.165, 1.54) is 18.3 Å². The Morgan fingerprint density at radius 1 is 1.39 bits per heavy atom. The summed E-state index contributed by atoms with van der Waals surface area (Å²) in [4.78, 5) is 4.04. The van der Waals surface area contributed by atoms with Gasteiger partial charge in [-0.25, -0.2) is 13.4 Å². The molecule has 100 valence electrons. The molecule has 0 bridgehead atoms. The fraction of sp³-hybridized carbons (Fsp3) is 0.583. The van der Waals surface area contributed by atoms with Gasteiger partial charge in [-0.05, 0) is 37.3 Å². The lowest BCUT2D eigenvalue weighted by atomic mass is 10.0. The third kappa shape index (κ3) is 3.02. The Morgan fingerprint density at radius 3 is 2.89 bits per heavy atom. The monoisotopic (exact) mass is 288 g/mol. The molecule has 2 heterocycles. The molecule has 0 spiro atoms. The maximum atomic E-state index is 12.4. The summed E-state index contributed by atoms with van der Waals surface area (Å²) in [5, 5.41) is 0.208. The first kappa shape index (κ1) is 13.8. The summed E-state index contributed by atoms with van der Waals surface area (Å²) in [5.41, 5.74) is 0. The molecule has 0 saturated carbocycles. The molecule has 6 heteroatoms. The van der Waals surface area contributed by atoms with Crippen molar-refractivity contribution in [1.29, 1.82) is 0 Å². The number of rotatable bonds is 2. The standard InChI is InChI=1S/C12H17ClN2O2S/c1-10-3-2-7-15(8-5-10)18(16,17)11-4-6-14-12(13)9-11/h4,6,9-10H,2-3,5,7-8H2,1H3. The second kappa shape index (κ2) is 5.55. The van der Waals surface area contributed by atoms with Crippen molar-refractivity contribution in [2.24, 2.45) is 5.92 Å². The Kier molecular flexibility index (Phi) is 4.25. The highest BCUT2D eigenvalue weighted by Crippen LogP contribution is 2.23. The lowest BCUT2D eigenvalue weighted by Crippen LogP contribution is -2.32. The minimum Gasteiger partial charge on any atom is -0.244 e. The van der Waals surface area contributed by atoms with E-state index in [-0.39, 0.29) is 10.0 Å². The SMILES string of the molecule is CC1CCCN(S(=O)(=O)c2ccnc(Cl)c2)CC1. The Balaban J connectivity index is 2.25. The molecule has 1 aliphatic heterocycles. The van der Waals surface area contributed by atoms with Crippen LogP contribution in [0.15, 0.2) is 23.2 Å². The van der Waals surface area contributed by atoms with Gasteiger partial charge in [0, 0.05) is 19.3 Å². The fourth-order valence-corrected chi connectivity index (χ4v) is 3.92. The Labute approximate surface area is 113 Å². The van der Waals surface area contributed by atoms with E-state index in [4.69, 9.17) is 11.6 Å². The van der Waals surface area contributed by atoms with Crippen LogP contribution in [-0.2, 0) is 10.0 Å². The van der Waals surface area contributed by atoms with E-state index in [2.05, 4.69) is 11.9 Å². The van der Waals surface area contributed by atoms with Crippen molar-refractivity contribution >= 4 is 21.6 Å². The topological polar surface area (TPSA) is 50.3 Å². The smallest absolute Gasteiger partial charge is 0.243 e. The van der Waals surface area contributed by atoms with Gasteiger partial charge in [0.1, 0.15) is 5.15 Å². The molecule has 0 aromatic carbocycles. The van der Waals surface area contributed by atoms with Gasteiger partial charge >= 0.3 is 0 Å². The fourth-order valence-electron chi connectivity index (χ4n) is 2.17. The minimum absolute atomic E-state index is 0.208. The molecule has 1 aliphatic rings. The normalized spacial score (nSPS) is 22.7. The van der Waals surface area contributed by atoms with Crippen LogP contribution in [0.3, 0.4) is 0 Å². The Hall–Kier alpha value is -0.650. The Morgan fingerprint density at radius 2 is 2.17 bits per heavy atom. The third-order valence-corrected chi connectivity index (χ3v) is 5.41. The predicted octanol–water partition coefficient (Wildman–Crippen LogP) is 2.55. The minimum atomic E-state index is -3.42. The first-order chi connectivity index (χ1) is 8.50. The van der Waals surface area contributed by atoms with E-state index in [1.54, 1.807) is 4.31 Å². The van der Waals surface area contributed by atoms with Gasteiger partial charge in [-0.2, -0.15) is 4.31 Å². The summed E-state index contributed by atoms with van der Waals surface area (Å²) in [5.74, 6) is 0.589. The highest BCUT2D eigenvalue weighted by molar-refractivity contribution is 7.89. The van der Waals surface area contributed by atoms with Gasteiger partial charge in [-0.3, -0.25) is 0 Å². The van der Waals surface area contributed by atoms with Crippen LogP contribution >= 0.6 is 11.6 Å². The molecular weight excluding hydrogens is 272 g/mol. The van der Waals surface area contributed by atoms with Crippen LogP contribution in [0.5, 0.6) is 0 Å². The molecule has 0 N–H and O–H groups in total. The molecule has 1 unspecified atom stereocenters. The summed E-state index contributed by atoms with van der Waals surface area (Å²) in [7, 11) is -3.42. The zero-order valence-electron chi connectivity index (χ0n) is 10.3. The highest BCUT2D eigenvalue weighted by Gasteiger charge is 2.26. The molecule has 2 rings (SSSR count). The summed E-state index contributed by atoms with van der Waals surface area (Å²) in [6, 6.07) is 2.90. The van der Waals surface area contributed by atoms with E-state index in [9.17, 15) is 8.42 Å². The van der Waals surface area contributed by atoms with Crippen LogP contribution in [0.2, 0.25) is 5.15 Å². The molecule has 4 nitrogen and oxygen atoms in total. The van der Waals surface area contributed by atoms with Crippen LogP contribution in [-0.4, -0.2) is 30.8 Å². The van der Waals surface area contributed by atoms with Gasteiger partial charge in [0.05, 0.1) is 4.90 Å². The second-order valence-corrected chi connectivity index (χ2v) is 7.08. The molecule has 0 radical (unpaired) electrons. The summed E-state index contributed by atoms with van der Waals surface area (Å²) in [6.07, 6.45) is 4.34. The zero-order valence-corrected chi connectivity index (χ0v) is 11.9. The van der Waals surface area contributed by atoms with E-state index in [1.807, 2.05) is 0 Å². The molecule has 1 aromatic heterocycles. The van der Waals surface area contributed by atoms with Crippen LogP contribution in [0.1, 0.15) is 26.2 Å². The molecule has 1 atom stereocenters. The molecule has 0 amide bonds. The average molecular weight is 289 g/mol. The molecule has 1 fully saturated rings. The molecule has 1 aromatic rings. The molecule has 18 heavy (non-hydrogen) atoms. The molecular formula is C12H17ClN2O2S. The highest BCUT2D eigenvalue weighted by atomic mass is 35.5. The first-order valence-electron chi connectivity index (χ1n) is 6.12. The van der Waals surface area contributed by atoms with Crippen molar-refractivity contribution in [3.8, 4) is 0 Å². The van der Waals surface area contributed by atoms with E-state index < -0.39 is 10.0 Å². The summed E-state index contributed by atoms with van der Waals surface area (Å²) < 4.78 is 26.4. The van der Waals surface area contributed by atoms with Crippen molar-refractivity contribution in [2.75, 3.05) is 13.1 Å². The maximum absolute atomic E-state index is 12.4. The van der Waals surface area contributed by atoms with Crippen LogP contribution in [0.4, 0.5) is 0 Å². The lowest BCUT2D eigenvalue weighted by molar-refractivity contribution is 0.416. The zero-order chi connectivity index (χ0) is 13.2. The molecule has 0 aliphatic carbocycles. The van der Waals surface area contributed by atoms with E-state index in [0.717, 1.165) is 19.3 Å². The van der Waals surface area contributed by atoms with Crippen LogP contribution < -0.4 is 0 Å². The van der Waals surface area contributed by atoms with Gasteiger partial charge in [0.15, 0.2) is 0 Å². The van der Waals surface area contributed by atoms with Crippen LogP contribution in [0.25, 0.3) is 0 Å². The van der Waals surface area contributed by atoms with Gasteiger partial charge in [0.2, 0.25) is 10.0 Å². The van der Waals surface area contributed by atoms with Crippen molar-refractivity contribution in [3.63, 3.8) is 0 Å². The van der Waals surface area contributed by atoms with Gasteiger partial charge < -0.3 is 0 Å². The third-order valence-electron chi connectivity index (χ3n) is 3.31. The first-order valence-corrected chi connectivity index (χ1v) is 7.93. The average Bonchev–Trinajstić information content (AvgIpc) is 2.54. The van der Waals surface area contributed by atoms with Crippen molar-refractivity contribution < 1.29 is 8.42 Å². The van der Waals surface area contributed by atoms with E-state index in [0.29, 0.717) is 19.0 Å². The van der Waals surface area contributed by atoms with Gasteiger partial charge in [-0.15, -0.1) is 0 Å². The summed E-state index contributed by atoms with van der Waals surface area (Å²) in [6.45, 7) is 3.34. The number of hydrogen-bond donors (Lipinski definition) is 0. The number of sulfonamides is 1. The van der Waals surface area contributed by atoms with Crippen molar-refractivity contribution in [2.45, 2.75) is 31.1 Å². The lowest BCUT2D eigenvalue weighted by Gasteiger charge is -2.20. The Bertz CT molecular complexity index is 519. The number of hydrogen-bond acceptors (Lipinski definition) is 3. The van der Waals surface area contributed by atoms with Crippen molar-refractivity contribution in [3.05, 3.63) is 23.5 Å². The maximum Gasteiger partial charge on any atom is 0.243 e. The number of nitrogens with zero attached hydrogens (tertiary/aromatic N) is 2.